The maximum absolute atomic E-state index is 5.12. The Bertz CT molecular complexity index is 325. The number of nitrogens with one attached hydrogen (secondary N) is 2. The second-order valence-electron chi connectivity index (χ2n) is 3.41. The van der Waals surface area contributed by atoms with Gasteiger partial charge in [0.25, 0.3) is 0 Å². The summed E-state index contributed by atoms with van der Waals surface area (Å²) in [5.74, 6) is 0. The predicted molar refractivity (Wildman–Crippen MR) is 66.7 cm³/mol. The van der Waals surface area contributed by atoms with Gasteiger partial charge in [-0.2, -0.15) is 0 Å². The van der Waals surface area contributed by atoms with E-state index in [1.807, 2.05) is 19.2 Å². The Morgan fingerprint density at radius 3 is 2.93 bits per heavy atom. The van der Waals surface area contributed by atoms with Crippen LogP contribution in [0, 0.1) is 6.92 Å². The van der Waals surface area contributed by atoms with Crippen LogP contribution < -0.4 is 10.6 Å². The van der Waals surface area contributed by atoms with Gasteiger partial charge in [-0.3, -0.25) is 4.98 Å². The predicted octanol–water partition coefficient (Wildman–Crippen LogP) is 1.76. The van der Waals surface area contributed by atoms with Crippen LogP contribution in [-0.2, 0) is 6.54 Å². The van der Waals surface area contributed by atoms with Crippen LogP contribution in [0.5, 0.6) is 0 Å². The molecule has 0 bridgehead atoms. The molecule has 1 rings (SSSR count). The van der Waals surface area contributed by atoms with Crippen LogP contribution in [0.25, 0.3) is 0 Å². The van der Waals surface area contributed by atoms with Crippen molar-refractivity contribution in [2.45, 2.75) is 26.8 Å². The number of pyridine rings is 1. The maximum Gasteiger partial charge on any atom is 0.166 e. The standard InChI is InChI=1S/C11H17N3S/c1-3-5-13-11(15)14-8-10-4-6-12-7-9(10)2/h4,6-7H,3,5,8H2,1-2H3,(H2,13,14,15). The Labute approximate surface area is 96.3 Å². The SMILES string of the molecule is CCCNC(=S)NCc1ccncc1C. The van der Waals surface area contributed by atoms with Gasteiger partial charge in [0.05, 0.1) is 0 Å². The molecule has 0 fully saturated rings. The van der Waals surface area contributed by atoms with E-state index in [0.717, 1.165) is 19.5 Å². The van der Waals surface area contributed by atoms with Crippen molar-refractivity contribution >= 4 is 17.3 Å². The van der Waals surface area contributed by atoms with Crippen molar-refractivity contribution in [3.05, 3.63) is 29.6 Å². The fourth-order valence-corrected chi connectivity index (χ4v) is 1.35. The minimum Gasteiger partial charge on any atom is -0.363 e. The topological polar surface area (TPSA) is 37.0 Å². The van der Waals surface area contributed by atoms with Gasteiger partial charge in [0.15, 0.2) is 5.11 Å². The highest BCUT2D eigenvalue weighted by Crippen LogP contribution is 2.03. The van der Waals surface area contributed by atoms with Crippen LogP contribution in [0.1, 0.15) is 24.5 Å². The first-order valence-electron chi connectivity index (χ1n) is 5.15. The number of nitrogens with zero attached hydrogens (tertiary/aromatic N) is 1. The van der Waals surface area contributed by atoms with E-state index in [0.29, 0.717) is 5.11 Å². The van der Waals surface area contributed by atoms with E-state index in [-0.39, 0.29) is 0 Å². The van der Waals surface area contributed by atoms with Crippen LogP contribution in [0.3, 0.4) is 0 Å². The van der Waals surface area contributed by atoms with Crippen LogP contribution >= 0.6 is 12.2 Å². The van der Waals surface area contributed by atoms with Gasteiger partial charge in [-0.15, -0.1) is 0 Å². The molecule has 0 unspecified atom stereocenters. The van der Waals surface area contributed by atoms with Crippen LogP contribution in [0.15, 0.2) is 18.5 Å². The second kappa shape index (κ2) is 6.35. The molecule has 82 valence electrons. The molecule has 0 saturated carbocycles. The van der Waals surface area contributed by atoms with Crippen LogP contribution in [0.4, 0.5) is 0 Å². The van der Waals surface area contributed by atoms with Gasteiger partial charge in [-0.1, -0.05) is 6.92 Å². The van der Waals surface area contributed by atoms with E-state index in [1.54, 1.807) is 6.20 Å². The summed E-state index contributed by atoms with van der Waals surface area (Å²) in [6, 6.07) is 2.00. The zero-order valence-electron chi connectivity index (χ0n) is 9.21. The quantitative estimate of drug-likeness (QED) is 0.763. The average molecular weight is 223 g/mol. The maximum atomic E-state index is 5.12. The Balaban J connectivity index is 2.37. The average Bonchev–Trinajstić information content (AvgIpc) is 2.25. The van der Waals surface area contributed by atoms with Gasteiger partial charge in [-0.05, 0) is 42.8 Å². The van der Waals surface area contributed by atoms with E-state index >= 15 is 0 Å². The number of hydrogen-bond acceptors (Lipinski definition) is 2. The minimum absolute atomic E-state index is 0.716. The van der Waals surface area contributed by atoms with E-state index in [2.05, 4.69) is 22.5 Å². The Hall–Kier alpha value is -1.16. The molecular weight excluding hydrogens is 206 g/mol. The van der Waals surface area contributed by atoms with Gasteiger partial charge in [0.1, 0.15) is 0 Å². The Kier molecular flexibility index (Phi) is 5.04. The summed E-state index contributed by atoms with van der Waals surface area (Å²) in [6.07, 6.45) is 4.74. The molecule has 0 radical (unpaired) electrons. The molecule has 1 aromatic heterocycles. The zero-order valence-corrected chi connectivity index (χ0v) is 10.0. The van der Waals surface area contributed by atoms with E-state index < -0.39 is 0 Å². The molecule has 4 heteroatoms. The summed E-state index contributed by atoms with van der Waals surface area (Å²) in [4.78, 5) is 4.05. The van der Waals surface area contributed by atoms with Gasteiger partial charge in [-0.25, -0.2) is 0 Å². The van der Waals surface area contributed by atoms with Gasteiger partial charge >= 0.3 is 0 Å². The monoisotopic (exact) mass is 223 g/mol. The molecule has 0 aliphatic rings. The minimum atomic E-state index is 0.716. The van der Waals surface area contributed by atoms with Crippen molar-refractivity contribution in [2.75, 3.05) is 6.54 Å². The Morgan fingerprint density at radius 1 is 1.47 bits per heavy atom. The highest BCUT2D eigenvalue weighted by atomic mass is 32.1. The molecule has 3 nitrogen and oxygen atoms in total. The third kappa shape index (κ3) is 4.25. The zero-order chi connectivity index (χ0) is 11.1. The first-order valence-corrected chi connectivity index (χ1v) is 5.56. The molecule has 0 saturated heterocycles. The third-order valence-electron chi connectivity index (χ3n) is 2.11. The second-order valence-corrected chi connectivity index (χ2v) is 3.82. The van der Waals surface area contributed by atoms with Crippen molar-refractivity contribution in [1.29, 1.82) is 0 Å². The van der Waals surface area contributed by atoms with Crippen molar-refractivity contribution < 1.29 is 0 Å². The summed E-state index contributed by atoms with van der Waals surface area (Å²) >= 11 is 5.12. The largest absolute Gasteiger partial charge is 0.363 e. The molecule has 0 aliphatic heterocycles. The summed E-state index contributed by atoms with van der Waals surface area (Å²) in [6.45, 7) is 5.83. The third-order valence-corrected chi connectivity index (χ3v) is 2.40. The molecule has 15 heavy (non-hydrogen) atoms. The first-order chi connectivity index (χ1) is 7.24. The van der Waals surface area contributed by atoms with Gasteiger partial charge in [0.2, 0.25) is 0 Å². The first kappa shape index (κ1) is 11.9. The number of aryl methyl sites for hydroxylation is 1. The summed E-state index contributed by atoms with van der Waals surface area (Å²) in [5.41, 5.74) is 2.41. The fourth-order valence-electron chi connectivity index (χ4n) is 1.18. The lowest BCUT2D eigenvalue weighted by Gasteiger charge is -2.10. The molecule has 0 spiro atoms. The van der Waals surface area contributed by atoms with Crippen molar-refractivity contribution in [3.63, 3.8) is 0 Å². The molecule has 0 aromatic carbocycles. The van der Waals surface area contributed by atoms with Gasteiger partial charge in [0, 0.05) is 25.5 Å². The fraction of sp³-hybridized carbons (Fsp3) is 0.455. The lowest BCUT2D eigenvalue weighted by Crippen LogP contribution is -2.35. The number of hydrogen-bond donors (Lipinski definition) is 2. The molecule has 0 aliphatic carbocycles. The van der Waals surface area contributed by atoms with Crippen LogP contribution in [-0.4, -0.2) is 16.6 Å². The molecular formula is C11H17N3S. The van der Waals surface area contributed by atoms with Gasteiger partial charge < -0.3 is 10.6 Å². The lowest BCUT2D eigenvalue weighted by molar-refractivity contribution is 0.797. The summed E-state index contributed by atoms with van der Waals surface area (Å²) in [5, 5.41) is 7.01. The van der Waals surface area contributed by atoms with E-state index in [1.165, 1.54) is 11.1 Å². The normalized spacial score (nSPS) is 9.73. The molecule has 2 N–H and O–H groups in total. The number of thiocarbonyl (C=S) groups is 1. The van der Waals surface area contributed by atoms with Crippen molar-refractivity contribution in [1.82, 2.24) is 15.6 Å². The number of rotatable bonds is 4. The summed E-state index contributed by atoms with van der Waals surface area (Å²) < 4.78 is 0. The molecule has 1 heterocycles. The summed E-state index contributed by atoms with van der Waals surface area (Å²) in [7, 11) is 0. The smallest absolute Gasteiger partial charge is 0.166 e. The van der Waals surface area contributed by atoms with Crippen molar-refractivity contribution in [2.24, 2.45) is 0 Å². The van der Waals surface area contributed by atoms with Crippen molar-refractivity contribution in [3.8, 4) is 0 Å². The number of aromatic nitrogens is 1. The molecule has 0 atom stereocenters. The van der Waals surface area contributed by atoms with E-state index in [9.17, 15) is 0 Å². The highest BCUT2D eigenvalue weighted by Gasteiger charge is 1.98. The van der Waals surface area contributed by atoms with Crippen LogP contribution in [0.2, 0.25) is 0 Å². The molecule has 0 amide bonds. The lowest BCUT2D eigenvalue weighted by atomic mass is 10.1. The highest BCUT2D eigenvalue weighted by molar-refractivity contribution is 7.80. The molecule has 1 aromatic rings. The Morgan fingerprint density at radius 2 is 2.27 bits per heavy atom. The van der Waals surface area contributed by atoms with E-state index in [4.69, 9.17) is 12.2 Å².